The monoisotopic (exact) mass is 259 g/mol. The zero-order valence-electron chi connectivity index (χ0n) is 9.55. The van der Waals surface area contributed by atoms with Gasteiger partial charge in [0, 0.05) is 6.20 Å². The lowest BCUT2D eigenvalue weighted by molar-refractivity contribution is 0.865. The van der Waals surface area contributed by atoms with Crippen molar-refractivity contribution in [3.8, 4) is 0 Å². The molecule has 0 aliphatic heterocycles. The van der Waals surface area contributed by atoms with Gasteiger partial charge in [-0.1, -0.05) is 18.2 Å². The Balaban J connectivity index is 2.25. The van der Waals surface area contributed by atoms with E-state index < -0.39 is 0 Å². The summed E-state index contributed by atoms with van der Waals surface area (Å²) in [5, 5.41) is 0.155. The lowest BCUT2D eigenvalue weighted by Crippen LogP contribution is -2.44. The maximum atomic E-state index is 5.38. The van der Waals surface area contributed by atoms with Crippen molar-refractivity contribution in [2.24, 2.45) is 10.7 Å². The first-order valence-electron chi connectivity index (χ1n) is 5.34. The standard InChI is InChI=1S/C12H13N5S/c13-12(18)17-16-11(10-7-4-8-14-10)15-9-5-2-1-3-6-9/h1-8,14H,(H,15,16)(H3,13,17,18). The first-order chi connectivity index (χ1) is 8.75. The molecule has 2 rings (SSSR count). The zero-order valence-corrected chi connectivity index (χ0v) is 10.4. The maximum absolute atomic E-state index is 5.38. The Bertz CT molecular complexity index is 533. The Labute approximate surface area is 110 Å². The molecule has 0 bridgehead atoms. The first-order valence-corrected chi connectivity index (χ1v) is 5.75. The molecule has 6 heteroatoms. The van der Waals surface area contributed by atoms with E-state index in [9.17, 15) is 0 Å². The fourth-order valence-corrected chi connectivity index (χ4v) is 1.44. The SMILES string of the molecule is NC(=S)NNC(=Nc1ccccc1)c1ccc[nH]1. The summed E-state index contributed by atoms with van der Waals surface area (Å²) < 4.78 is 0. The van der Waals surface area contributed by atoms with E-state index in [1.54, 1.807) is 0 Å². The van der Waals surface area contributed by atoms with Crippen molar-refractivity contribution in [1.82, 2.24) is 15.8 Å². The van der Waals surface area contributed by atoms with Crippen molar-refractivity contribution in [2.75, 3.05) is 0 Å². The number of hydrazine groups is 1. The lowest BCUT2D eigenvalue weighted by Gasteiger charge is -2.09. The van der Waals surface area contributed by atoms with Gasteiger partial charge in [-0.05, 0) is 36.5 Å². The van der Waals surface area contributed by atoms with Gasteiger partial charge in [0.15, 0.2) is 10.9 Å². The van der Waals surface area contributed by atoms with Gasteiger partial charge >= 0.3 is 0 Å². The fourth-order valence-electron chi connectivity index (χ4n) is 1.39. The summed E-state index contributed by atoms with van der Waals surface area (Å²) in [5.41, 5.74) is 12.6. The highest BCUT2D eigenvalue weighted by Gasteiger charge is 2.04. The van der Waals surface area contributed by atoms with Gasteiger partial charge in [-0.2, -0.15) is 0 Å². The number of nitrogens with two attached hydrogens (primary N) is 1. The molecular weight excluding hydrogens is 246 g/mol. The Hall–Kier alpha value is -2.34. The molecule has 0 spiro atoms. The van der Waals surface area contributed by atoms with E-state index in [1.165, 1.54) is 0 Å². The van der Waals surface area contributed by atoms with E-state index in [1.807, 2.05) is 48.7 Å². The Morgan fingerprint density at radius 1 is 1.11 bits per heavy atom. The quantitative estimate of drug-likeness (QED) is 0.285. The predicted octanol–water partition coefficient (Wildman–Crippen LogP) is 1.43. The second-order valence-electron chi connectivity index (χ2n) is 3.49. The van der Waals surface area contributed by atoms with Crippen molar-refractivity contribution in [3.63, 3.8) is 0 Å². The molecule has 0 radical (unpaired) electrons. The molecule has 5 N–H and O–H groups in total. The molecule has 2 aromatic rings. The number of rotatable bonds is 2. The summed E-state index contributed by atoms with van der Waals surface area (Å²) in [6.07, 6.45) is 1.82. The van der Waals surface area contributed by atoms with Crippen LogP contribution in [0.15, 0.2) is 53.7 Å². The van der Waals surface area contributed by atoms with E-state index in [-0.39, 0.29) is 5.11 Å². The molecule has 0 saturated carbocycles. The zero-order chi connectivity index (χ0) is 12.8. The summed E-state index contributed by atoms with van der Waals surface area (Å²) in [6, 6.07) is 13.4. The molecule has 1 heterocycles. The van der Waals surface area contributed by atoms with E-state index in [2.05, 4.69) is 20.8 Å². The smallest absolute Gasteiger partial charge is 0.182 e. The third-order valence-electron chi connectivity index (χ3n) is 2.15. The van der Waals surface area contributed by atoms with Gasteiger partial charge in [0.05, 0.1) is 11.4 Å². The van der Waals surface area contributed by atoms with Crippen LogP contribution in [-0.2, 0) is 0 Å². The van der Waals surface area contributed by atoms with Gasteiger partial charge in [0.2, 0.25) is 0 Å². The second kappa shape index (κ2) is 5.83. The summed E-state index contributed by atoms with van der Waals surface area (Å²) in [5.74, 6) is 0.610. The molecule has 5 nitrogen and oxygen atoms in total. The molecule has 0 aliphatic rings. The van der Waals surface area contributed by atoms with Crippen LogP contribution in [0.2, 0.25) is 0 Å². The average Bonchev–Trinajstić information content (AvgIpc) is 2.89. The van der Waals surface area contributed by atoms with E-state index in [4.69, 9.17) is 18.0 Å². The Morgan fingerprint density at radius 3 is 2.50 bits per heavy atom. The maximum Gasteiger partial charge on any atom is 0.182 e. The highest BCUT2D eigenvalue weighted by Crippen LogP contribution is 2.11. The van der Waals surface area contributed by atoms with Crippen molar-refractivity contribution in [3.05, 3.63) is 54.4 Å². The number of nitrogens with one attached hydrogen (secondary N) is 3. The van der Waals surface area contributed by atoms with Crippen LogP contribution >= 0.6 is 12.2 Å². The number of aliphatic imine (C=N–C) groups is 1. The number of amidine groups is 1. The van der Waals surface area contributed by atoms with Crippen LogP contribution in [0.5, 0.6) is 0 Å². The van der Waals surface area contributed by atoms with Crippen molar-refractivity contribution in [2.45, 2.75) is 0 Å². The highest BCUT2D eigenvalue weighted by molar-refractivity contribution is 7.80. The third kappa shape index (κ3) is 3.33. The molecule has 92 valence electrons. The van der Waals surface area contributed by atoms with Crippen LogP contribution in [0.25, 0.3) is 0 Å². The molecule has 0 fully saturated rings. The Kier molecular flexibility index (Phi) is 3.93. The first kappa shape index (κ1) is 12.1. The van der Waals surface area contributed by atoms with Gasteiger partial charge in [0.25, 0.3) is 0 Å². The summed E-state index contributed by atoms with van der Waals surface area (Å²) in [4.78, 5) is 7.53. The normalized spacial score (nSPS) is 11.0. The van der Waals surface area contributed by atoms with Crippen LogP contribution < -0.4 is 16.6 Å². The molecule has 18 heavy (non-hydrogen) atoms. The molecule has 0 atom stereocenters. The lowest BCUT2D eigenvalue weighted by atomic mass is 10.3. The minimum Gasteiger partial charge on any atom is -0.375 e. The molecule has 0 aliphatic carbocycles. The number of H-pyrrole nitrogens is 1. The minimum atomic E-state index is 0.155. The van der Waals surface area contributed by atoms with Crippen LogP contribution in [0.3, 0.4) is 0 Å². The largest absolute Gasteiger partial charge is 0.375 e. The number of benzene rings is 1. The van der Waals surface area contributed by atoms with Crippen molar-refractivity contribution in [1.29, 1.82) is 0 Å². The molecule has 0 unspecified atom stereocenters. The van der Waals surface area contributed by atoms with E-state index >= 15 is 0 Å². The molecule has 0 saturated heterocycles. The van der Waals surface area contributed by atoms with Crippen LogP contribution in [0.1, 0.15) is 5.69 Å². The number of hydrogen-bond acceptors (Lipinski definition) is 2. The fraction of sp³-hybridized carbons (Fsp3) is 0. The van der Waals surface area contributed by atoms with Crippen LogP contribution in [-0.4, -0.2) is 15.9 Å². The van der Waals surface area contributed by atoms with E-state index in [0.717, 1.165) is 11.4 Å². The van der Waals surface area contributed by atoms with Crippen LogP contribution in [0, 0.1) is 0 Å². The number of thiocarbonyl (C=S) groups is 1. The van der Waals surface area contributed by atoms with Gasteiger partial charge in [-0.25, -0.2) is 4.99 Å². The number of hydrogen-bond donors (Lipinski definition) is 4. The summed E-state index contributed by atoms with van der Waals surface area (Å²) in [6.45, 7) is 0. The number of para-hydroxylation sites is 1. The topological polar surface area (TPSA) is 78.2 Å². The number of aromatic nitrogens is 1. The molecule has 1 aromatic carbocycles. The number of aromatic amines is 1. The van der Waals surface area contributed by atoms with Crippen LogP contribution in [0.4, 0.5) is 5.69 Å². The van der Waals surface area contributed by atoms with Gasteiger partial charge in [-0.3, -0.25) is 10.9 Å². The second-order valence-corrected chi connectivity index (χ2v) is 3.93. The molecule has 1 aromatic heterocycles. The predicted molar refractivity (Wildman–Crippen MR) is 76.5 cm³/mol. The number of nitrogens with zero attached hydrogens (tertiary/aromatic N) is 1. The van der Waals surface area contributed by atoms with Crippen molar-refractivity contribution >= 4 is 28.9 Å². The van der Waals surface area contributed by atoms with E-state index in [0.29, 0.717) is 5.84 Å². The third-order valence-corrected chi connectivity index (χ3v) is 2.26. The van der Waals surface area contributed by atoms with Gasteiger partial charge < -0.3 is 10.7 Å². The van der Waals surface area contributed by atoms with Crippen molar-refractivity contribution < 1.29 is 0 Å². The Morgan fingerprint density at radius 2 is 1.89 bits per heavy atom. The average molecular weight is 259 g/mol. The molecule has 0 amide bonds. The molecular formula is C12H13N5S. The van der Waals surface area contributed by atoms with Gasteiger partial charge in [-0.15, -0.1) is 0 Å². The van der Waals surface area contributed by atoms with Gasteiger partial charge in [0.1, 0.15) is 0 Å². The highest BCUT2D eigenvalue weighted by atomic mass is 32.1. The summed E-state index contributed by atoms with van der Waals surface area (Å²) in [7, 11) is 0. The summed E-state index contributed by atoms with van der Waals surface area (Å²) >= 11 is 4.75. The minimum absolute atomic E-state index is 0.155.